The minimum Gasteiger partial charge on any atom is -0.280 e. The van der Waals surface area contributed by atoms with E-state index in [0.29, 0.717) is 10.6 Å². The van der Waals surface area contributed by atoms with Crippen molar-refractivity contribution in [3.63, 3.8) is 0 Å². The number of benzene rings is 2. The molecule has 0 bridgehead atoms. The zero-order valence-electron chi connectivity index (χ0n) is 12.3. The number of hydrogen-bond acceptors (Lipinski definition) is 2. The van der Waals surface area contributed by atoms with Gasteiger partial charge in [-0.25, -0.2) is 8.42 Å². The van der Waals surface area contributed by atoms with Crippen LogP contribution < -0.4 is 4.72 Å². The Morgan fingerprint density at radius 3 is 2.43 bits per heavy atom. The zero-order valence-corrected chi connectivity index (χ0v) is 13.1. The van der Waals surface area contributed by atoms with E-state index in [0.717, 1.165) is 36.0 Å². The van der Waals surface area contributed by atoms with Crippen LogP contribution in [0.25, 0.3) is 0 Å². The molecule has 110 valence electrons. The van der Waals surface area contributed by atoms with Crippen LogP contribution in [0, 0.1) is 13.8 Å². The minimum atomic E-state index is -3.51. The van der Waals surface area contributed by atoms with Crippen LogP contribution in [0.15, 0.2) is 41.3 Å². The molecule has 0 aromatic heterocycles. The quantitative estimate of drug-likeness (QED) is 0.941. The average Bonchev–Trinajstić information content (AvgIpc) is 2.90. The Kier molecular flexibility index (Phi) is 3.49. The maximum atomic E-state index is 12.5. The summed E-state index contributed by atoms with van der Waals surface area (Å²) in [5.74, 6) is 0. The summed E-state index contributed by atoms with van der Waals surface area (Å²) >= 11 is 0. The second kappa shape index (κ2) is 5.19. The van der Waals surface area contributed by atoms with Gasteiger partial charge in [-0.1, -0.05) is 12.1 Å². The molecule has 4 heteroatoms. The van der Waals surface area contributed by atoms with Crippen molar-refractivity contribution in [2.45, 2.75) is 38.0 Å². The van der Waals surface area contributed by atoms with E-state index in [1.165, 1.54) is 5.56 Å². The monoisotopic (exact) mass is 301 g/mol. The van der Waals surface area contributed by atoms with Crippen LogP contribution in [0.5, 0.6) is 0 Å². The second-order valence-corrected chi connectivity index (χ2v) is 7.37. The van der Waals surface area contributed by atoms with Gasteiger partial charge in [0.15, 0.2) is 0 Å². The van der Waals surface area contributed by atoms with Crippen molar-refractivity contribution in [3.8, 4) is 0 Å². The van der Waals surface area contributed by atoms with Gasteiger partial charge in [-0.05, 0) is 79.6 Å². The van der Waals surface area contributed by atoms with E-state index in [2.05, 4.69) is 4.72 Å². The molecule has 1 aliphatic carbocycles. The fraction of sp³-hybridized carbons (Fsp3) is 0.294. The van der Waals surface area contributed by atoms with Gasteiger partial charge in [-0.15, -0.1) is 0 Å². The molecule has 3 rings (SSSR count). The lowest BCUT2D eigenvalue weighted by molar-refractivity contribution is 0.601. The lowest BCUT2D eigenvalue weighted by Crippen LogP contribution is -2.13. The summed E-state index contributed by atoms with van der Waals surface area (Å²) in [5, 5.41) is 0. The van der Waals surface area contributed by atoms with Crippen LogP contribution >= 0.6 is 0 Å². The van der Waals surface area contributed by atoms with E-state index in [1.54, 1.807) is 12.1 Å². The smallest absolute Gasteiger partial charge is 0.261 e. The first-order valence-corrected chi connectivity index (χ1v) is 8.66. The van der Waals surface area contributed by atoms with Gasteiger partial charge >= 0.3 is 0 Å². The number of aryl methyl sites for hydroxylation is 4. The molecule has 3 nitrogen and oxygen atoms in total. The maximum absolute atomic E-state index is 12.5. The number of fused-ring (bicyclic) bond motifs is 1. The van der Waals surface area contributed by atoms with E-state index in [-0.39, 0.29) is 0 Å². The number of hydrogen-bond donors (Lipinski definition) is 1. The fourth-order valence-corrected chi connectivity index (χ4v) is 3.83. The standard InChI is InChI=1S/C17H19NO2S/c1-12-6-8-16(10-13(12)2)18-21(19,20)17-9-7-14-4-3-5-15(14)11-17/h6-11,18H,3-5H2,1-2H3. The van der Waals surface area contributed by atoms with Crippen LogP contribution in [-0.2, 0) is 22.9 Å². The predicted octanol–water partition coefficient (Wildman–Crippen LogP) is 3.59. The van der Waals surface area contributed by atoms with Crippen LogP contribution in [0.3, 0.4) is 0 Å². The summed E-state index contributed by atoms with van der Waals surface area (Å²) in [6.45, 7) is 3.98. The third-order valence-electron chi connectivity index (χ3n) is 4.14. The first-order valence-electron chi connectivity index (χ1n) is 7.17. The van der Waals surface area contributed by atoms with Gasteiger partial charge in [0.1, 0.15) is 0 Å². The summed E-state index contributed by atoms with van der Waals surface area (Å²) < 4.78 is 27.6. The van der Waals surface area contributed by atoms with Gasteiger partial charge in [0, 0.05) is 5.69 Å². The van der Waals surface area contributed by atoms with E-state index >= 15 is 0 Å². The Morgan fingerprint density at radius 2 is 1.67 bits per heavy atom. The first kappa shape index (κ1) is 14.1. The Bertz CT molecular complexity index is 794. The highest BCUT2D eigenvalue weighted by Crippen LogP contribution is 2.26. The van der Waals surface area contributed by atoms with Gasteiger partial charge in [0.05, 0.1) is 4.90 Å². The molecular formula is C17H19NO2S. The molecule has 0 saturated carbocycles. The highest BCUT2D eigenvalue weighted by molar-refractivity contribution is 7.92. The van der Waals surface area contributed by atoms with Gasteiger partial charge in [-0.2, -0.15) is 0 Å². The number of anilines is 1. The molecule has 0 aliphatic heterocycles. The van der Waals surface area contributed by atoms with Crippen LogP contribution in [-0.4, -0.2) is 8.42 Å². The molecule has 0 fully saturated rings. The van der Waals surface area contributed by atoms with E-state index < -0.39 is 10.0 Å². The van der Waals surface area contributed by atoms with Gasteiger partial charge in [-0.3, -0.25) is 4.72 Å². The van der Waals surface area contributed by atoms with Crippen LogP contribution in [0.2, 0.25) is 0 Å². The van der Waals surface area contributed by atoms with Gasteiger partial charge in [0.25, 0.3) is 10.0 Å². The van der Waals surface area contributed by atoms with Crippen molar-refractivity contribution >= 4 is 15.7 Å². The molecule has 21 heavy (non-hydrogen) atoms. The third kappa shape index (κ3) is 2.81. The number of sulfonamides is 1. The number of rotatable bonds is 3. The van der Waals surface area contributed by atoms with E-state index in [1.807, 2.05) is 38.1 Å². The van der Waals surface area contributed by atoms with Crippen LogP contribution in [0.1, 0.15) is 28.7 Å². The highest BCUT2D eigenvalue weighted by Gasteiger charge is 2.18. The Balaban J connectivity index is 1.91. The fourth-order valence-electron chi connectivity index (χ4n) is 2.73. The lowest BCUT2D eigenvalue weighted by Gasteiger charge is -2.11. The molecule has 0 heterocycles. The topological polar surface area (TPSA) is 46.2 Å². The molecule has 0 atom stereocenters. The molecule has 1 aliphatic rings. The minimum absolute atomic E-state index is 0.348. The SMILES string of the molecule is Cc1ccc(NS(=O)(=O)c2ccc3c(c2)CCC3)cc1C. The Hall–Kier alpha value is -1.81. The van der Waals surface area contributed by atoms with Gasteiger partial charge < -0.3 is 0 Å². The summed E-state index contributed by atoms with van der Waals surface area (Å²) in [7, 11) is -3.51. The summed E-state index contributed by atoms with van der Waals surface area (Å²) in [6, 6.07) is 11.0. The predicted molar refractivity (Wildman–Crippen MR) is 85.2 cm³/mol. The average molecular weight is 301 g/mol. The highest BCUT2D eigenvalue weighted by atomic mass is 32.2. The lowest BCUT2D eigenvalue weighted by atomic mass is 10.1. The molecular weight excluding hydrogens is 282 g/mol. The molecule has 0 unspecified atom stereocenters. The molecule has 0 spiro atoms. The van der Waals surface area contributed by atoms with Gasteiger partial charge in [0.2, 0.25) is 0 Å². The number of nitrogens with one attached hydrogen (secondary N) is 1. The largest absolute Gasteiger partial charge is 0.280 e. The molecule has 2 aromatic rings. The second-order valence-electron chi connectivity index (χ2n) is 5.69. The third-order valence-corrected chi connectivity index (χ3v) is 5.52. The molecule has 1 N–H and O–H groups in total. The summed E-state index contributed by atoms with van der Waals surface area (Å²) in [5.41, 5.74) is 5.27. The van der Waals surface area contributed by atoms with Crippen molar-refractivity contribution < 1.29 is 8.42 Å². The summed E-state index contributed by atoms with van der Waals surface area (Å²) in [4.78, 5) is 0.348. The Labute approximate surface area is 126 Å². The summed E-state index contributed by atoms with van der Waals surface area (Å²) in [6.07, 6.45) is 3.14. The van der Waals surface area contributed by atoms with Crippen molar-refractivity contribution in [3.05, 3.63) is 58.7 Å². The molecule has 2 aromatic carbocycles. The molecule has 0 radical (unpaired) electrons. The molecule has 0 saturated heterocycles. The maximum Gasteiger partial charge on any atom is 0.261 e. The van der Waals surface area contributed by atoms with Crippen LogP contribution in [0.4, 0.5) is 5.69 Å². The van der Waals surface area contributed by atoms with Crippen molar-refractivity contribution in [1.29, 1.82) is 0 Å². The van der Waals surface area contributed by atoms with Crippen molar-refractivity contribution in [1.82, 2.24) is 0 Å². The molecule has 0 amide bonds. The zero-order chi connectivity index (χ0) is 15.0. The Morgan fingerprint density at radius 1 is 0.905 bits per heavy atom. The van der Waals surface area contributed by atoms with E-state index in [4.69, 9.17) is 0 Å². The van der Waals surface area contributed by atoms with Crippen molar-refractivity contribution in [2.24, 2.45) is 0 Å². The van der Waals surface area contributed by atoms with E-state index in [9.17, 15) is 8.42 Å². The normalized spacial score (nSPS) is 14.0. The van der Waals surface area contributed by atoms with Crippen molar-refractivity contribution in [2.75, 3.05) is 4.72 Å². The first-order chi connectivity index (χ1) is 9.95.